The maximum Gasteiger partial charge on any atom is 0.317 e. The van der Waals surface area contributed by atoms with Crippen LogP contribution in [0.25, 0.3) is 0 Å². The Morgan fingerprint density at radius 2 is 1.67 bits per heavy atom. The first-order chi connectivity index (χ1) is 15.7. The first-order valence-corrected chi connectivity index (χ1v) is 12.2. The van der Waals surface area contributed by atoms with Crippen LogP contribution < -0.4 is 15.4 Å². The third-order valence-electron chi connectivity index (χ3n) is 5.26. The Bertz CT molecular complexity index is 1070. The highest BCUT2D eigenvalue weighted by molar-refractivity contribution is 7.88. The molecule has 1 saturated heterocycles. The minimum Gasteiger partial charge on any atom is -0.334 e. The van der Waals surface area contributed by atoms with Gasteiger partial charge in [0.05, 0.1) is 12.3 Å². The van der Waals surface area contributed by atoms with E-state index in [0.717, 1.165) is 5.56 Å². The zero-order valence-electron chi connectivity index (χ0n) is 18.4. The molecule has 33 heavy (non-hydrogen) atoms. The molecule has 3 N–H and O–H groups in total. The van der Waals surface area contributed by atoms with E-state index in [1.54, 1.807) is 23.1 Å². The van der Waals surface area contributed by atoms with E-state index in [1.807, 2.05) is 11.0 Å². The quantitative estimate of drug-likeness (QED) is 0.532. The number of carbonyl (C=O) groups excluding carboxylic acids is 2. The van der Waals surface area contributed by atoms with Crippen molar-refractivity contribution in [3.8, 4) is 0 Å². The Morgan fingerprint density at radius 3 is 2.33 bits per heavy atom. The van der Waals surface area contributed by atoms with Crippen molar-refractivity contribution in [1.82, 2.24) is 19.8 Å². The van der Waals surface area contributed by atoms with Crippen molar-refractivity contribution < 1.29 is 22.4 Å². The van der Waals surface area contributed by atoms with E-state index in [1.165, 1.54) is 31.3 Å². The van der Waals surface area contributed by atoms with Crippen LogP contribution in [-0.2, 0) is 27.1 Å². The number of benzene rings is 2. The van der Waals surface area contributed by atoms with E-state index in [0.29, 0.717) is 37.4 Å². The van der Waals surface area contributed by atoms with Gasteiger partial charge >= 0.3 is 6.03 Å². The maximum atomic E-state index is 13.0. The van der Waals surface area contributed by atoms with E-state index in [-0.39, 0.29) is 36.6 Å². The molecule has 1 aliphatic heterocycles. The fourth-order valence-corrected chi connectivity index (χ4v) is 4.22. The number of anilines is 1. The van der Waals surface area contributed by atoms with Crippen LogP contribution in [0, 0.1) is 5.82 Å². The molecule has 0 aromatic heterocycles. The van der Waals surface area contributed by atoms with Gasteiger partial charge in [-0.2, -0.15) is 0 Å². The Morgan fingerprint density at radius 1 is 1.00 bits per heavy atom. The summed E-state index contributed by atoms with van der Waals surface area (Å²) in [5.74, 6) is -0.682. The van der Waals surface area contributed by atoms with Gasteiger partial charge in [-0.15, -0.1) is 0 Å². The predicted octanol–water partition coefficient (Wildman–Crippen LogP) is 1.34. The average molecular weight is 478 g/mol. The normalized spacial score (nSPS) is 14.7. The molecule has 1 fully saturated rings. The molecule has 0 atom stereocenters. The van der Waals surface area contributed by atoms with Gasteiger partial charge in [0.1, 0.15) is 5.82 Å². The highest BCUT2D eigenvalue weighted by Crippen LogP contribution is 2.10. The Labute approximate surface area is 193 Å². The molecule has 1 heterocycles. The lowest BCUT2D eigenvalue weighted by atomic mass is 10.1. The molecule has 3 amide bonds. The number of nitrogens with zero attached hydrogens (tertiary/aromatic N) is 2. The summed E-state index contributed by atoms with van der Waals surface area (Å²) < 4.78 is 38.7. The molecule has 3 rings (SSSR count). The van der Waals surface area contributed by atoms with Crippen molar-refractivity contribution >= 4 is 27.6 Å². The Hall–Kier alpha value is -3.02. The second-order valence-corrected chi connectivity index (χ2v) is 9.69. The van der Waals surface area contributed by atoms with Gasteiger partial charge in [0, 0.05) is 38.4 Å². The molecule has 0 aliphatic carbocycles. The minimum absolute atomic E-state index is 0.123. The molecule has 2 aromatic carbocycles. The lowest BCUT2D eigenvalue weighted by Gasteiger charge is -2.34. The van der Waals surface area contributed by atoms with Gasteiger partial charge in [-0.25, -0.2) is 22.3 Å². The number of halogens is 1. The highest BCUT2D eigenvalue weighted by atomic mass is 32.2. The second kappa shape index (κ2) is 11.2. The molecule has 0 spiro atoms. The summed E-state index contributed by atoms with van der Waals surface area (Å²) in [6.07, 6.45) is 0. The standard InChI is InChI=1S/C22H28FN5O4S/c1-24-33(31,32)16-18-4-2-3-17(13-18)14-25-22(30)28-11-9-27(10-12-28)15-21(29)26-20-7-5-19(23)6-8-20/h2-8,13,24H,9-12,14-16H2,1H3,(H,25,30)(H,26,29). The fraction of sp³-hybridized carbons (Fsp3) is 0.364. The Kier molecular flexibility index (Phi) is 8.37. The van der Waals surface area contributed by atoms with Crippen LogP contribution in [0.3, 0.4) is 0 Å². The van der Waals surface area contributed by atoms with Gasteiger partial charge in [0.15, 0.2) is 0 Å². The molecule has 1 aliphatic rings. The molecular weight excluding hydrogens is 449 g/mol. The van der Waals surface area contributed by atoms with Crippen molar-refractivity contribution in [2.24, 2.45) is 0 Å². The topological polar surface area (TPSA) is 111 Å². The maximum absolute atomic E-state index is 13.0. The average Bonchev–Trinajstić information content (AvgIpc) is 2.79. The lowest BCUT2D eigenvalue weighted by Crippen LogP contribution is -2.52. The summed E-state index contributed by atoms with van der Waals surface area (Å²) in [7, 11) is -1.99. The zero-order valence-corrected chi connectivity index (χ0v) is 19.2. The van der Waals surface area contributed by atoms with E-state index in [2.05, 4.69) is 15.4 Å². The van der Waals surface area contributed by atoms with Crippen molar-refractivity contribution in [2.45, 2.75) is 12.3 Å². The molecule has 0 bridgehead atoms. The second-order valence-electron chi connectivity index (χ2n) is 7.76. The number of piperazine rings is 1. The van der Waals surface area contributed by atoms with Crippen molar-refractivity contribution in [3.63, 3.8) is 0 Å². The number of urea groups is 1. The van der Waals surface area contributed by atoms with E-state index >= 15 is 0 Å². The van der Waals surface area contributed by atoms with Crippen molar-refractivity contribution in [3.05, 3.63) is 65.5 Å². The number of sulfonamides is 1. The van der Waals surface area contributed by atoms with Crippen LogP contribution in [0.4, 0.5) is 14.9 Å². The summed E-state index contributed by atoms with van der Waals surface area (Å²) in [5.41, 5.74) is 1.99. The van der Waals surface area contributed by atoms with Crippen LogP contribution in [0.2, 0.25) is 0 Å². The molecule has 11 heteroatoms. The summed E-state index contributed by atoms with van der Waals surface area (Å²) >= 11 is 0. The van der Waals surface area contributed by atoms with Crippen LogP contribution in [-0.4, -0.2) is 69.9 Å². The van der Waals surface area contributed by atoms with E-state index in [4.69, 9.17) is 0 Å². The number of hydrogen-bond acceptors (Lipinski definition) is 5. The number of amides is 3. The van der Waals surface area contributed by atoms with Crippen LogP contribution >= 0.6 is 0 Å². The van der Waals surface area contributed by atoms with Crippen LogP contribution in [0.15, 0.2) is 48.5 Å². The van der Waals surface area contributed by atoms with Gasteiger partial charge < -0.3 is 15.5 Å². The molecule has 9 nitrogen and oxygen atoms in total. The van der Waals surface area contributed by atoms with Gasteiger partial charge in [0.2, 0.25) is 15.9 Å². The molecule has 0 radical (unpaired) electrons. The van der Waals surface area contributed by atoms with Crippen molar-refractivity contribution in [1.29, 1.82) is 0 Å². The largest absolute Gasteiger partial charge is 0.334 e. The molecule has 178 valence electrons. The summed E-state index contributed by atoms with van der Waals surface area (Å²) in [6.45, 7) is 2.55. The van der Waals surface area contributed by atoms with Gasteiger partial charge in [-0.05, 0) is 42.4 Å². The van der Waals surface area contributed by atoms with Gasteiger partial charge in [0.25, 0.3) is 0 Å². The highest BCUT2D eigenvalue weighted by Gasteiger charge is 2.22. The smallest absolute Gasteiger partial charge is 0.317 e. The van der Waals surface area contributed by atoms with E-state index < -0.39 is 10.0 Å². The third-order valence-corrected chi connectivity index (χ3v) is 6.59. The number of nitrogens with one attached hydrogen (secondary N) is 3. The third kappa shape index (κ3) is 7.81. The zero-order chi connectivity index (χ0) is 23.8. The summed E-state index contributed by atoms with van der Waals surface area (Å²) in [6, 6.07) is 12.4. The number of hydrogen-bond donors (Lipinski definition) is 3. The molecule has 0 saturated carbocycles. The van der Waals surface area contributed by atoms with Gasteiger partial charge in [-0.3, -0.25) is 9.69 Å². The van der Waals surface area contributed by atoms with E-state index in [9.17, 15) is 22.4 Å². The van der Waals surface area contributed by atoms with Crippen LogP contribution in [0.1, 0.15) is 11.1 Å². The first-order valence-electron chi connectivity index (χ1n) is 10.5. The molecular formula is C22H28FN5O4S. The summed E-state index contributed by atoms with van der Waals surface area (Å²) in [4.78, 5) is 28.3. The van der Waals surface area contributed by atoms with Crippen molar-refractivity contribution in [2.75, 3.05) is 45.1 Å². The Balaban J connectivity index is 1.41. The monoisotopic (exact) mass is 477 g/mol. The number of carbonyl (C=O) groups is 2. The number of rotatable bonds is 8. The predicted molar refractivity (Wildman–Crippen MR) is 123 cm³/mol. The van der Waals surface area contributed by atoms with Gasteiger partial charge in [-0.1, -0.05) is 24.3 Å². The first kappa shape index (κ1) is 24.6. The van der Waals surface area contributed by atoms with Crippen LogP contribution in [0.5, 0.6) is 0 Å². The fourth-order valence-electron chi connectivity index (χ4n) is 3.46. The summed E-state index contributed by atoms with van der Waals surface area (Å²) in [5, 5.41) is 5.59. The lowest BCUT2D eigenvalue weighted by molar-refractivity contribution is -0.117. The molecule has 0 unspecified atom stereocenters. The SMILES string of the molecule is CNS(=O)(=O)Cc1cccc(CNC(=O)N2CCN(CC(=O)Nc3ccc(F)cc3)CC2)c1. The minimum atomic E-state index is -3.37. The molecule has 2 aromatic rings.